The molecule has 2 aromatic rings. The summed E-state index contributed by atoms with van der Waals surface area (Å²) >= 11 is 0. The Hall–Kier alpha value is -3.89. The number of piperazine rings is 1. The lowest BCUT2D eigenvalue weighted by atomic mass is 10.00. The maximum absolute atomic E-state index is 12.7. The molecule has 4 rings (SSSR count). The van der Waals surface area contributed by atoms with E-state index in [0.29, 0.717) is 50.6 Å². The van der Waals surface area contributed by atoms with Crippen LogP contribution in [0.25, 0.3) is 0 Å². The molecule has 0 atom stereocenters. The Morgan fingerprint density at radius 3 is 1.86 bits per heavy atom. The lowest BCUT2D eigenvalue weighted by molar-refractivity contribution is -0.192. The number of benzene rings is 2. The van der Waals surface area contributed by atoms with E-state index in [1.165, 1.54) is 24.3 Å². The summed E-state index contributed by atoms with van der Waals surface area (Å²) in [6, 6.07) is 13.0. The molecule has 0 saturated carbocycles. The number of rotatable bonds is 6. The van der Waals surface area contributed by atoms with E-state index in [1.54, 1.807) is 6.92 Å². The summed E-state index contributed by atoms with van der Waals surface area (Å²) in [6.07, 6.45) is -4.35. The zero-order valence-electron chi connectivity index (χ0n) is 22.5. The van der Waals surface area contributed by atoms with Gasteiger partial charge in [-0.2, -0.15) is 21.6 Å². The van der Waals surface area contributed by atoms with Gasteiger partial charge in [-0.05, 0) is 61.4 Å². The van der Waals surface area contributed by atoms with Crippen molar-refractivity contribution in [1.29, 1.82) is 0 Å². The van der Waals surface area contributed by atoms with Gasteiger partial charge in [0, 0.05) is 57.9 Å². The number of carbonyl (C=O) groups excluding carboxylic acids is 2. The number of carboxylic acid groups (broad SMARTS) is 1. The third-order valence-corrected chi connectivity index (χ3v) is 8.02. The highest BCUT2D eigenvalue weighted by Gasteiger charge is 2.38. The van der Waals surface area contributed by atoms with Crippen LogP contribution in [0.15, 0.2) is 53.4 Å². The molecule has 230 valence electrons. The highest BCUT2D eigenvalue weighted by atomic mass is 32.2. The van der Waals surface area contributed by atoms with Crippen LogP contribution in [0.4, 0.5) is 18.9 Å². The molecule has 0 radical (unpaired) electrons. The first-order valence-electron chi connectivity index (χ1n) is 12.7. The van der Waals surface area contributed by atoms with Crippen molar-refractivity contribution < 1.29 is 55.8 Å². The van der Waals surface area contributed by atoms with Crippen molar-refractivity contribution >= 4 is 33.5 Å². The summed E-state index contributed by atoms with van der Waals surface area (Å²) in [5.74, 6) is -3.13. The minimum absolute atomic E-state index is 0.0878. The minimum atomic E-state index is -5.08. The highest BCUT2D eigenvalue weighted by molar-refractivity contribution is 7.89. The Morgan fingerprint density at radius 2 is 1.40 bits per heavy atom. The Balaban J connectivity index is 0.000000616. The number of amides is 2. The van der Waals surface area contributed by atoms with E-state index in [1.807, 2.05) is 29.2 Å². The smallest absolute Gasteiger partial charge is 0.475 e. The molecule has 2 saturated heterocycles. The number of hydroxylamine groups is 1. The molecule has 0 unspecified atom stereocenters. The number of alkyl halides is 3. The van der Waals surface area contributed by atoms with Crippen LogP contribution in [0, 0.1) is 5.92 Å². The molecular weight excluding hydrogens is 587 g/mol. The number of carbonyl (C=O) groups is 3. The molecule has 2 aliphatic heterocycles. The van der Waals surface area contributed by atoms with Crippen LogP contribution < -0.4 is 9.64 Å². The van der Waals surface area contributed by atoms with Crippen LogP contribution in [0.1, 0.15) is 19.8 Å². The number of hydrogen-bond donors (Lipinski definition) is 2. The maximum atomic E-state index is 12.7. The van der Waals surface area contributed by atoms with Crippen molar-refractivity contribution in [3.63, 3.8) is 0 Å². The van der Waals surface area contributed by atoms with Gasteiger partial charge >= 0.3 is 12.1 Å². The van der Waals surface area contributed by atoms with E-state index in [-0.39, 0.29) is 15.3 Å². The molecule has 0 spiro atoms. The normalized spacial score (nSPS) is 16.2. The molecule has 42 heavy (non-hydrogen) atoms. The summed E-state index contributed by atoms with van der Waals surface area (Å²) in [6.45, 7) is 5.19. The topological polar surface area (TPSA) is 154 Å². The van der Waals surface area contributed by atoms with Crippen molar-refractivity contribution in [1.82, 2.24) is 9.37 Å². The first-order valence-corrected chi connectivity index (χ1v) is 14.2. The van der Waals surface area contributed by atoms with Crippen LogP contribution in [0.5, 0.6) is 11.5 Å². The van der Waals surface area contributed by atoms with Crippen LogP contribution in [0.2, 0.25) is 0 Å². The quantitative estimate of drug-likeness (QED) is 0.365. The monoisotopic (exact) mass is 617 g/mol. The van der Waals surface area contributed by atoms with Crippen molar-refractivity contribution in [2.45, 2.75) is 30.8 Å². The summed E-state index contributed by atoms with van der Waals surface area (Å²) in [7, 11) is -4.39. The van der Waals surface area contributed by atoms with Gasteiger partial charge in [0.2, 0.25) is 5.91 Å². The number of hydrogen-bond acceptors (Lipinski definition) is 9. The highest BCUT2D eigenvalue weighted by Crippen LogP contribution is 2.27. The Morgan fingerprint density at radius 1 is 0.929 bits per heavy atom. The van der Waals surface area contributed by atoms with Crippen LogP contribution in [-0.2, 0) is 29.1 Å². The standard InChI is InChI=1S/C24H29N3O7S.C2HF3O2/c1-18(28)25-12-14-26(15-13-25)20-2-4-21(5-3-20)34-22-6-8-23(9-7-22)35(31,32)27(30)24(29)19-10-16-33-17-11-19;3-2(4,5)1(6)7/h2-9,19,30H,10-17H2,1H3;(H,6,7). The average molecular weight is 618 g/mol. The number of sulfonamides is 1. The van der Waals surface area contributed by atoms with E-state index in [2.05, 4.69) is 4.90 Å². The van der Waals surface area contributed by atoms with E-state index in [9.17, 15) is 36.4 Å². The second-order valence-corrected chi connectivity index (χ2v) is 11.1. The second-order valence-electron chi connectivity index (χ2n) is 9.34. The predicted molar refractivity (Wildman–Crippen MR) is 140 cm³/mol. The van der Waals surface area contributed by atoms with Gasteiger partial charge in [-0.1, -0.05) is 0 Å². The van der Waals surface area contributed by atoms with Crippen molar-refractivity contribution in [2.24, 2.45) is 5.92 Å². The number of halogens is 3. The summed E-state index contributed by atoms with van der Waals surface area (Å²) in [4.78, 5) is 36.6. The number of carboxylic acids is 1. The van der Waals surface area contributed by atoms with Crippen molar-refractivity contribution in [2.75, 3.05) is 44.3 Å². The molecule has 16 heteroatoms. The fourth-order valence-corrected chi connectivity index (χ4v) is 5.20. The van der Waals surface area contributed by atoms with Gasteiger partial charge in [0.05, 0.1) is 4.90 Å². The van der Waals surface area contributed by atoms with Gasteiger partial charge in [-0.15, -0.1) is 4.47 Å². The van der Waals surface area contributed by atoms with E-state index < -0.39 is 34.0 Å². The molecule has 0 aromatic heterocycles. The predicted octanol–water partition coefficient (Wildman–Crippen LogP) is 3.11. The largest absolute Gasteiger partial charge is 0.490 e. The molecule has 12 nitrogen and oxygen atoms in total. The molecule has 2 aromatic carbocycles. The third kappa shape index (κ3) is 8.56. The Kier molecular flexibility index (Phi) is 10.8. The molecule has 2 fully saturated rings. The summed E-state index contributed by atoms with van der Waals surface area (Å²) in [5, 5.41) is 17.3. The first-order chi connectivity index (χ1) is 19.7. The molecule has 0 bridgehead atoms. The second kappa shape index (κ2) is 13.8. The Labute approximate surface area is 239 Å². The van der Waals surface area contributed by atoms with Gasteiger partial charge in [0.25, 0.3) is 15.9 Å². The van der Waals surface area contributed by atoms with Crippen molar-refractivity contribution in [3.05, 3.63) is 48.5 Å². The minimum Gasteiger partial charge on any atom is -0.475 e. The molecule has 2 aliphatic rings. The lowest BCUT2D eigenvalue weighted by Gasteiger charge is -2.35. The van der Waals surface area contributed by atoms with Crippen molar-refractivity contribution in [3.8, 4) is 11.5 Å². The fourth-order valence-electron chi connectivity index (χ4n) is 4.14. The zero-order valence-corrected chi connectivity index (χ0v) is 23.3. The summed E-state index contributed by atoms with van der Waals surface area (Å²) in [5.41, 5.74) is 1.03. The third-order valence-electron chi connectivity index (χ3n) is 6.51. The number of anilines is 1. The van der Waals surface area contributed by atoms with Gasteiger partial charge in [0.1, 0.15) is 11.5 Å². The molecule has 2 amide bonds. The van der Waals surface area contributed by atoms with Crippen LogP contribution >= 0.6 is 0 Å². The maximum Gasteiger partial charge on any atom is 0.490 e. The SMILES string of the molecule is CC(=O)N1CCN(c2ccc(Oc3ccc(S(=O)(=O)N(O)C(=O)C4CCOCC4)cc3)cc2)CC1.O=C(O)C(F)(F)F. The van der Waals surface area contributed by atoms with Crippen LogP contribution in [0.3, 0.4) is 0 Å². The van der Waals surface area contributed by atoms with Gasteiger partial charge in [-0.25, -0.2) is 4.79 Å². The zero-order chi connectivity index (χ0) is 31.1. The van der Waals surface area contributed by atoms with E-state index in [4.69, 9.17) is 19.4 Å². The first kappa shape index (κ1) is 32.6. The van der Waals surface area contributed by atoms with Gasteiger partial charge in [0.15, 0.2) is 0 Å². The molecule has 2 heterocycles. The molecule has 2 N–H and O–H groups in total. The lowest BCUT2D eigenvalue weighted by Crippen LogP contribution is -2.48. The van der Waals surface area contributed by atoms with E-state index >= 15 is 0 Å². The Bertz CT molecular complexity index is 1340. The number of aliphatic carboxylic acids is 1. The summed E-state index contributed by atoms with van der Waals surface area (Å²) < 4.78 is 67.9. The van der Waals surface area contributed by atoms with E-state index in [0.717, 1.165) is 18.8 Å². The fraction of sp³-hybridized carbons (Fsp3) is 0.423. The van der Waals surface area contributed by atoms with Gasteiger partial charge in [-0.3, -0.25) is 14.8 Å². The van der Waals surface area contributed by atoms with Gasteiger partial charge < -0.3 is 24.4 Å². The number of nitrogens with zero attached hydrogens (tertiary/aromatic N) is 3. The molecule has 0 aliphatic carbocycles. The van der Waals surface area contributed by atoms with Crippen LogP contribution in [-0.4, -0.2) is 91.5 Å². The number of ether oxygens (including phenoxy) is 2. The molecular formula is C26H30F3N3O9S. The average Bonchev–Trinajstić information content (AvgIpc) is 2.97.